The summed E-state index contributed by atoms with van der Waals surface area (Å²) in [6.07, 6.45) is 2.79. The van der Waals surface area contributed by atoms with Gasteiger partial charge in [-0.1, -0.05) is 30.3 Å². The van der Waals surface area contributed by atoms with E-state index in [0.717, 1.165) is 19.5 Å². The first-order valence-electron chi connectivity index (χ1n) is 4.96. The molecule has 1 aliphatic heterocycles. The van der Waals surface area contributed by atoms with Crippen LogP contribution in [0.4, 0.5) is 0 Å². The van der Waals surface area contributed by atoms with Crippen LogP contribution in [0.3, 0.4) is 0 Å². The molecule has 1 aromatic carbocycles. The normalized spacial score (nSPS) is 18.8. The fourth-order valence-corrected chi connectivity index (χ4v) is 1.71. The van der Waals surface area contributed by atoms with Crippen LogP contribution in [0.2, 0.25) is 0 Å². The first-order valence-corrected chi connectivity index (χ1v) is 4.96. The van der Waals surface area contributed by atoms with E-state index in [1.54, 1.807) is 0 Å². The third-order valence-electron chi connectivity index (χ3n) is 2.42. The zero-order chi connectivity index (χ0) is 8.93. The molecule has 70 valence electrons. The highest BCUT2D eigenvalue weighted by molar-refractivity contribution is 5.15. The molecule has 1 aliphatic rings. The molecule has 0 atom stereocenters. The van der Waals surface area contributed by atoms with Crippen molar-refractivity contribution in [2.24, 2.45) is 0 Å². The summed E-state index contributed by atoms with van der Waals surface area (Å²) in [5.41, 5.74) is 1.40. The van der Waals surface area contributed by atoms with Crippen molar-refractivity contribution in [3.8, 4) is 0 Å². The summed E-state index contributed by atoms with van der Waals surface area (Å²) in [6, 6.07) is 10.6. The van der Waals surface area contributed by atoms with E-state index in [2.05, 4.69) is 41.0 Å². The standard InChI is InChI=1S/C11H16N2/c1-2-5-10(6-3-1)9-11-12-7-4-8-13-11/h1-3,5-6,11-13H,4,7-9H2. The van der Waals surface area contributed by atoms with E-state index in [-0.39, 0.29) is 0 Å². The molecule has 0 radical (unpaired) electrons. The van der Waals surface area contributed by atoms with Crippen LogP contribution in [0.15, 0.2) is 30.3 Å². The van der Waals surface area contributed by atoms with Gasteiger partial charge in [-0.3, -0.25) is 0 Å². The number of rotatable bonds is 2. The molecule has 0 bridgehead atoms. The van der Waals surface area contributed by atoms with Gasteiger partial charge in [-0.2, -0.15) is 0 Å². The second kappa shape index (κ2) is 4.40. The average molecular weight is 176 g/mol. The molecule has 2 N–H and O–H groups in total. The summed E-state index contributed by atoms with van der Waals surface area (Å²) >= 11 is 0. The summed E-state index contributed by atoms with van der Waals surface area (Å²) in [5, 5.41) is 6.91. The minimum absolute atomic E-state index is 0.469. The van der Waals surface area contributed by atoms with Gasteiger partial charge >= 0.3 is 0 Å². The predicted molar refractivity (Wildman–Crippen MR) is 54.6 cm³/mol. The van der Waals surface area contributed by atoms with E-state index in [9.17, 15) is 0 Å². The van der Waals surface area contributed by atoms with Crippen molar-refractivity contribution in [1.82, 2.24) is 10.6 Å². The lowest BCUT2D eigenvalue weighted by atomic mass is 10.1. The first-order chi connectivity index (χ1) is 6.45. The Morgan fingerprint density at radius 1 is 1.08 bits per heavy atom. The van der Waals surface area contributed by atoms with E-state index in [0.29, 0.717) is 6.17 Å². The number of hydrogen-bond donors (Lipinski definition) is 2. The Morgan fingerprint density at radius 3 is 2.46 bits per heavy atom. The lowest BCUT2D eigenvalue weighted by Crippen LogP contribution is -2.49. The first kappa shape index (κ1) is 8.73. The molecular weight excluding hydrogens is 160 g/mol. The third kappa shape index (κ3) is 2.54. The van der Waals surface area contributed by atoms with Gasteiger partial charge in [-0.25, -0.2) is 0 Å². The Hall–Kier alpha value is -0.860. The van der Waals surface area contributed by atoms with Crippen LogP contribution in [-0.2, 0) is 6.42 Å². The van der Waals surface area contributed by atoms with Gasteiger partial charge in [0.1, 0.15) is 0 Å². The summed E-state index contributed by atoms with van der Waals surface area (Å²) in [5.74, 6) is 0. The van der Waals surface area contributed by atoms with Crippen LogP contribution in [0.1, 0.15) is 12.0 Å². The number of nitrogens with one attached hydrogen (secondary N) is 2. The van der Waals surface area contributed by atoms with Crippen molar-refractivity contribution in [3.05, 3.63) is 35.9 Å². The third-order valence-corrected chi connectivity index (χ3v) is 2.42. The average Bonchev–Trinajstić information content (AvgIpc) is 2.21. The van der Waals surface area contributed by atoms with E-state index >= 15 is 0 Å². The van der Waals surface area contributed by atoms with Gasteiger partial charge in [0.25, 0.3) is 0 Å². The van der Waals surface area contributed by atoms with Crippen molar-refractivity contribution in [2.45, 2.75) is 19.0 Å². The van der Waals surface area contributed by atoms with Gasteiger partial charge in [0.05, 0.1) is 6.17 Å². The summed E-state index contributed by atoms with van der Waals surface area (Å²) < 4.78 is 0. The molecule has 0 unspecified atom stereocenters. The molecule has 2 rings (SSSR count). The molecular formula is C11H16N2. The van der Waals surface area contributed by atoms with Crippen LogP contribution < -0.4 is 10.6 Å². The van der Waals surface area contributed by atoms with E-state index < -0.39 is 0 Å². The van der Waals surface area contributed by atoms with Crippen molar-refractivity contribution < 1.29 is 0 Å². The molecule has 1 saturated heterocycles. The van der Waals surface area contributed by atoms with Crippen molar-refractivity contribution in [3.63, 3.8) is 0 Å². The van der Waals surface area contributed by atoms with Gasteiger partial charge in [0.15, 0.2) is 0 Å². The maximum Gasteiger partial charge on any atom is 0.0613 e. The molecule has 2 nitrogen and oxygen atoms in total. The van der Waals surface area contributed by atoms with Gasteiger partial charge in [-0.15, -0.1) is 0 Å². The second-order valence-corrected chi connectivity index (χ2v) is 3.50. The molecule has 1 aromatic rings. The topological polar surface area (TPSA) is 24.1 Å². The van der Waals surface area contributed by atoms with Crippen LogP contribution >= 0.6 is 0 Å². The van der Waals surface area contributed by atoms with Gasteiger partial charge in [-0.05, 0) is 25.1 Å². The Bertz CT molecular complexity index is 240. The smallest absolute Gasteiger partial charge is 0.0613 e. The monoisotopic (exact) mass is 176 g/mol. The lowest BCUT2D eigenvalue weighted by Gasteiger charge is -2.25. The highest BCUT2D eigenvalue weighted by Gasteiger charge is 2.10. The highest BCUT2D eigenvalue weighted by atomic mass is 15.1. The zero-order valence-electron chi connectivity index (χ0n) is 7.79. The summed E-state index contributed by atoms with van der Waals surface area (Å²) in [4.78, 5) is 0. The zero-order valence-corrected chi connectivity index (χ0v) is 7.79. The maximum absolute atomic E-state index is 3.46. The SMILES string of the molecule is c1ccc(CC2NCCCN2)cc1. The number of hydrogen-bond acceptors (Lipinski definition) is 2. The predicted octanol–water partition coefficient (Wildman–Crippen LogP) is 1.14. The van der Waals surface area contributed by atoms with Crippen LogP contribution in [0, 0.1) is 0 Å². The summed E-state index contributed by atoms with van der Waals surface area (Å²) in [7, 11) is 0. The highest BCUT2D eigenvalue weighted by Crippen LogP contribution is 2.03. The second-order valence-electron chi connectivity index (χ2n) is 3.50. The quantitative estimate of drug-likeness (QED) is 0.706. The molecule has 1 fully saturated rings. The lowest BCUT2D eigenvalue weighted by molar-refractivity contribution is 0.368. The summed E-state index contributed by atoms with van der Waals surface area (Å²) in [6.45, 7) is 2.29. The van der Waals surface area contributed by atoms with Crippen LogP contribution in [0.5, 0.6) is 0 Å². The van der Waals surface area contributed by atoms with E-state index in [1.807, 2.05) is 0 Å². The van der Waals surface area contributed by atoms with Gasteiger partial charge < -0.3 is 10.6 Å². The van der Waals surface area contributed by atoms with Crippen LogP contribution in [-0.4, -0.2) is 19.3 Å². The fourth-order valence-electron chi connectivity index (χ4n) is 1.71. The van der Waals surface area contributed by atoms with E-state index in [4.69, 9.17) is 0 Å². The molecule has 0 spiro atoms. The molecule has 0 amide bonds. The molecule has 2 heteroatoms. The largest absolute Gasteiger partial charge is 0.302 e. The Balaban J connectivity index is 1.90. The van der Waals surface area contributed by atoms with Gasteiger partial charge in [0, 0.05) is 6.42 Å². The van der Waals surface area contributed by atoms with E-state index in [1.165, 1.54) is 12.0 Å². The van der Waals surface area contributed by atoms with Crippen LogP contribution in [0.25, 0.3) is 0 Å². The molecule has 1 heterocycles. The van der Waals surface area contributed by atoms with Crippen molar-refractivity contribution in [1.29, 1.82) is 0 Å². The molecule has 0 aliphatic carbocycles. The Morgan fingerprint density at radius 2 is 1.77 bits per heavy atom. The minimum Gasteiger partial charge on any atom is -0.302 e. The maximum atomic E-state index is 3.46. The fraction of sp³-hybridized carbons (Fsp3) is 0.455. The Kier molecular flexibility index (Phi) is 2.95. The molecule has 0 saturated carbocycles. The number of benzene rings is 1. The molecule has 0 aromatic heterocycles. The molecule has 13 heavy (non-hydrogen) atoms. The minimum atomic E-state index is 0.469. The van der Waals surface area contributed by atoms with Crippen molar-refractivity contribution in [2.75, 3.05) is 13.1 Å². The van der Waals surface area contributed by atoms with Crippen molar-refractivity contribution >= 4 is 0 Å². The van der Waals surface area contributed by atoms with Gasteiger partial charge in [0.2, 0.25) is 0 Å². The Labute approximate surface area is 79.4 Å².